The van der Waals surface area contributed by atoms with Crippen LogP contribution in [0, 0.1) is 5.82 Å². The molecule has 0 heterocycles. The van der Waals surface area contributed by atoms with Gasteiger partial charge in [-0.3, -0.25) is 4.79 Å². The van der Waals surface area contributed by atoms with Crippen LogP contribution in [0.2, 0.25) is 5.02 Å². The van der Waals surface area contributed by atoms with Crippen LogP contribution in [0.25, 0.3) is 0 Å². The number of benzene rings is 2. The van der Waals surface area contributed by atoms with Gasteiger partial charge in [-0.05, 0) is 46.3 Å². The molecular weight excluding hydrogens is 335 g/mol. The summed E-state index contributed by atoms with van der Waals surface area (Å²) >= 11 is 8.80. The highest BCUT2D eigenvalue weighted by Crippen LogP contribution is 2.25. The van der Waals surface area contributed by atoms with E-state index in [9.17, 15) is 9.18 Å². The Hall–Kier alpha value is -1.59. The highest BCUT2D eigenvalue weighted by atomic mass is 79.9. The fourth-order valence-corrected chi connectivity index (χ4v) is 2.14. The Bertz CT molecular complexity index is 649. The molecule has 3 nitrogen and oxygen atoms in total. The van der Waals surface area contributed by atoms with Crippen LogP contribution in [0.5, 0.6) is 0 Å². The molecule has 98 valence electrons. The molecule has 0 aliphatic carbocycles. The topological polar surface area (TPSA) is 55.1 Å². The number of carbonyl (C=O) groups excluding carboxylic acids is 1. The largest absolute Gasteiger partial charge is 0.397 e. The van der Waals surface area contributed by atoms with E-state index in [0.29, 0.717) is 16.4 Å². The summed E-state index contributed by atoms with van der Waals surface area (Å²) in [6.07, 6.45) is 0. The van der Waals surface area contributed by atoms with Crippen LogP contribution in [0.4, 0.5) is 15.8 Å². The van der Waals surface area contributed by atoms with Crippen LogP contribution < -0.4 is 11.1 Å². The molecule has 2 aromatic carbocycles. The molecule has 0 saturated carbocycles. The number of hydrogen-bond donors (Lipinski definition) is 2. The molecule has 0 fully saturated rings. The molecule has 0 unspecified atom stereocenters. The molecule has 0 saturated heterocycles. The van der Waals surface area contributed by atoms with E-state index >= 15 is 0 Å². The van der Waals surface area contributed by atoms with Gasteiger partial charge in [-0.2, -0.15) is 0 Å². The summed E-state index contributed by atoms with van der Waals surface area (Å²) in [6.45, 7) is 0. The number of halogens is 3. The van der Waals surface area contributed by atoms with Crippen molar-refractivity contribution >= 4 is 44.8 Å². The Morgan fingerprint density at radius 2 is 2.05 bits per heavy atom. The Kier molecular flexibility index (Phi) is 4.07. The van der Waals surface area contributed by atoms with E-state index in [0.717, 1.165) is 0 Å². The lowest BCUT2D eigenvalue weighted by molar-refractivity contribution is 0.102. The fourth-order valence-electron chi connectivity index (χ4n) is 1.52. The van der Waals surface area contributed by atoms with Gasteiger partial charge in [0.1, 0.15) is 5.82 Å². The zero-order valence-corrected chi connectivity index (χ0v) is 11.9. The van der Waals surface area contributed by atoms with Crippen molar-refractivity contribution in [2.24, 2.45) is 0 Å². The lowest BCUT2D eigenvalue weighted by Gasteiger charge is -2.09. The van der Waals surface area contributed by atoms with Crippen LogP contribution >= 0.6 is 27.5 Å². The van der Waals surface area contributed by atoms with Crippen molar-refractivity contribution in [3.8, 4) is 0 Å². The minimum absolute atomic E-state index is 0.111. The maximum absolute atomic E-state index is 13.3. The first kappa shape index (κ1) is 13.8. The van der Waals surface area contributed by atoms with Gasteiger partial charge < -0.3 is 11.1 Å². The molecule has 3 N–H and O–H groups in total. The second kappa shape index (κ2) is 5.59. The van der Waals surface area contributed by atoms with Crippen LogP contribution in [-0.4, -0.2) is 5.91 Å². The minimum atomic E-state index is -0.503. The van der Waals surface area contributed by atoms with Gasteiger partial charge in [-0.15, -0.1) is 0 Å². The van der Waals surface area contributed by atoms with Gasteiger partial charge in [0.05, 0.1) is 21.4 Å². The number of nitrogen functional groups attached to an aromatic ring is 1. The predicted molar refractivity (Wildman–Crippen MR) is 77.9 cm³/mol. The second-order valence-electron chi connectivity index (χ2n) is 3.79. The Morgan fingerprint density at radius 1 is 1.32 bits per heavy atom. The molecule has 19 heavy (non-hydrogen) atoms. The van der Waals surface area contributed by atoms with E-state index in [1.807, 2.05) is 0 Å². The molecule has 2 aromatic rings. The van der Waals surface area contributed by atoms with Crippen molar-refractivity contribution < 1.29 is 9.18 Å². The van der Waals surface area contributed by atoms with Gasteiger partial charge >= 0.3 is 0 Å². The van der Waals surface area contributed by atoms with Crippen LogP contribution in [0.15, 0.2) is 40.9 Å². The average Bonchev–Trinajstić information content (AvgIpc) is 2.36. The highest BCUT2D eigenvalue weighted by Gasteiger charge is 2.14. The van der Waals surface area contributed by atoms with Crippen molar-refractivity contribution in [1.82, 2.24) is 0 Å². The monoisotopic (exact) mass is 342 g/mol. The molecule has 0 bridgehead atoms. The summed E-state index contributed by atoms with van der Waals surface area (Å²) in [4.78, 5) is 12.0. The number of nitrogens with two attached hydrogens (primary N) is 1. The number of rotatable bonds is 2. The summed E-state index contributed by atoms with van der Waals surface area (Å²) in [5.74, 6) is -0.961. The number of amides is 1. The lowest BCUT2D eigenvalue weighted by Crippen LogP contribution is -2.14. The number of nitrogens with one attached hydrogen (secondary N) is 1. The van der Waals surface area contributed by atoms with E-state index in [4.69, 9.17) is 17.3 Å². The predicted octanol–water partition coefficient (Wildman–Crippen LogP) is 4.08. The van der Waals surface area contributed by atoms with E-state index < -0.39 is 11.7 Å². The number of carbonyl (C=O) groups is 1. The molecule has 0 aliphatic rings. The van der Waals surface area contributed by atoms with E-state index in [-0.39, 0.29) is 10.0 Å². The molecule has 0 aliphatic heterocycles. The third kappa shape index (κ3) is 3.05. The van der Waals surface area contributed by atoms with Crippen LogP contribution in [0.3, 0.4) is 0 Å². The molecular formula is C13H9BrClFN2O. The Morgan fingerprint density at radius 3 is 2.74 bits per heavy atom. The van der Waals surface area contributed by atoms with Gasteiger partial charge in [0, 0.05) is 5.02 Å². The van der Waals surface area contributed by atoms with Crippen molar-refractivity contribution in [3.63, 3.8) is 0 Å². The first-order valence-corrected chi connectivity index (χ1v) is 6.46. The first-order valence-electron chi connectivity index (χ1n) is 5.29. The highest BCUT2D eigenvalue weighted by molar-refractivity contribution is 9.10. The zero-order chi connectivity index (χ0) is 14.0. The second-order valence-corrected chi connectivity index (χ2v) is 5.02. The van der Waals surface area contributed by atoms with Crippen molar-refractivity contribution in [3.05, 3.63) is 57.3 Å². The van der Waals surface area contributed by atoms with Crippen LogP contribution in [-0.2, 0) is 0 Å². The lowest BCUT2D eigenvalue weighted by atomic mass is 10.2. The van der Waals surface area contributed by atoms with Crippen LogP contribution in [0.1, 0.15) is 10.4 Å². The zero-order valence-electron chi connectivity index (χ0n) is 9.58. The molecule has 0 radical (unpaired) electrons. The normalized spacial score (nSPS) is 10.3. The number of anilines is 2. The Balaban J connectivity index is 2.28. The van der Waals surface area contributed by atoms with Crippen molar-refractivity contribution in [2.45, 2.75) is 0 Å². The molecule has 6 heteroatoms. The summed E-state index contributed by atoms with van der Waals surface area (Å²) in [5, 5.41) is 3.08. The fraction of sp³-hybridized carbons (Fsp3) is 0. The molecule has 0 spiro atoms. The first-order chi connectivity index (χ1) is 8.99. The van der Waals surface area contributed by atoms with Gasteiger partial charge in [0.25, 0.3) is 5.91 Å². The molecule has 0 aromatic heterocycles. The SMILES string of the molecule is Nc1cc(Cl)ccc1NC(=O)c1cccc(F)c1Br. The van der Waals surface area contributed by atoms with Crippen molar-refractivity contribution in [2.75, 3.05) is 11.1 Å². The summed E-state index contributed by atoms with van der Waals surface area (Å²) in [5.41, 5.74) is 6.68. The minimum Gasteiger partial charge on any atom is -0.397 e. The van der Waals surface area contributed by atoms with Crippen molar-refractivity contribution in [1.29, 1.82) is 0 Å². The third-order valence-corrected chi connectivity index (χ3v) is 3.50. The van der Waals surface area contributed by atoms with Gasteiger partial charge in [-0.1, -0.05) is 17.7 Å². The Labute approximate surface area is 122 Å². The molecule has 0 atom stereocenters. The van der Waals surface area contributed by atoms with Gasteiger partial charge in [0.2, 0.25) is 0 Å². The average molecular weight is 344 g/mol. The summed E-state index contributed by atoms with van der Waals surface area (Å²) in [6, 6.07) is 8.95. The van der Waals surface area contributed by atoms with E-state index in [1.165, 1.54) is 24.3 Å². The summed E-state index contributed by atoms with van der Waals surface area (Å²) in [7, 11) is 0. The smallest absolute Gasteiger partial charge is 0.256 e. The molecule has 2 rings (SSSR count). The van der Waals surface area contributed by atoms with Gasteiger partial charge in [-0.25, -0.2) is 4.39 Å². The number of hydrogen-bond acceptors (Lipinski definition) is 2. The maximum Gasteiger partial charge on any atom is 0.256 e. The molecule has 1 amide bonds. The third-order valence-electron chi connectivity index (χ3n) is 2.46. The van der Waals surface area contributed by atoms with Gasteiger partial charge in [0.15, 0.2) is 0 Å². The van der Waals surface area contributed by atoms with E-state index in [2.05, 4.69) is 21.2 Å². The summed E-state index contributed by atoms with van der Waals surface area (Å²) < 4.78 is 13.5. The maximum atomic E-state index is 13.3. The van der Waals surface area contributed by atoms with E-state index in [1.54, 1.807) is 12.1 Å². The quantitative estimate of drug-likeness (QED) is 0.807. The standard InChI is InChI=1S/C13H9BrClFN2O/c14-12-8(2-1-3-9(12)16)13(19)18-11-5-4-7(15)6-10(11)17/h1-6H,17H2,(H,18,19).